The van der Waals surface area contributed by atoms with Crippen LogP contribution < -0.4 is 11.1 Å². The minimum Gasteiger partial charge on any atom is -0.399 e. The minimum atomic E-state index is 0.0893. The van der Waals surface area contributed by atoms with E-state index in [9.17, 15) is 4.79 Å². The Morgan fingerprint density at radius 3 is 2.76 bits per heavy atom. The maximum atomic E-state index is 11.9. The van der Waals surface area contributed by atoms with Crippen LogP contribution in [0.2, 0.25) is 0 Å². The summed E-state index contributed by atoms with van der Waals surface area (Å²) in [6, 6.07) is 8.40. The average Bonchev–Trinajstić information content (AvgIpc) is 2.90. The summed E-state index contributed by atoms with van der Waals surface area (Å²) < 4.78 is 0. The lowest BCUT2D eigenvalue weighted by Crippen LogP contribution is -2.48. The van der Waals surface area contributed by atoms with E-state index in [0.29, 0.717) is 6.04 Å². The van der Waals surface area contributed by atoms with Crippen LogP contribution in [0.15, 0.2) is 24.3 Å². The molecule has 0 aromatic heterocycles. The third-order valence-electron chi connectivity index (χ3n) is 3.75. The Kier molecular flexibility index (Phi) is 2.52. The molecule has 0 saturated carbocycles. The van der Waals surface area contributed by atoms with Gasteiger partial charge in [-0.15, -0.1) is 0 Å². The van der Waals surface area contributed by atoms with Gasteiger partial charge in [-0.05, 0) is 30.5 Å². The zero-order valence-corrected chi connectivity index (χ0v) is 9.73. The molecule has 1 amide bonds. The van der Waals surface area contributed by atoms with Crippen molar-refractivity contribution in [2.24, 2.45) is 0 Å². The van der Waals surface area contributed by atoms with Crippen molar-refractivity contribution in [1.82, 2.24) is 10.2 Å². The monoisotopic (exact) mass is 231 g/mol. The molecule has 4 nitrogen and oxygen atoms in total. The van der Waals surface area contributed by atoms with Crippen molar-refractivity contribution in [2.45, 2.75) is 24.9 Å². The van der Waals surface area contributed by atoms with Crippen molar-refractivity contribution in [1.29, 1.82) is 0 Å². The molecule has 2 fully saturated rings. The van der Waals surface area contributed by atoms with Gasteiger partial charge < -0.3 is 16.0 Å². The number of nitrogens with one attached hydrogen (secondary N) is 1. The molecule has 2 unspecified atom stereocenters. The normalized spacial score (nSPS) is 26.8. The number of amides is 1. The van der Waals surface area contributed by atoms with Gasteiger partial charge in [-0.25, -0.2) is 0 Å². The first kappa shape index (κ1) is 10.6. The molecule has 2 saturated heterocycles. The quantitative estimate of drug-likeness (QED) is 0.740. The summed E-state index contributed by atoms with van der Waals surface area (Å²) >= 11 is 0. The van der Waals surface area contributed by atoms with Crippen LogP contribution >= 0.6 is 0 Å². The summed E-state index contributed by atoms with van der Waals surface area (Å²) in [7, 11) is 0. The van der Waals surface area contributed by atoms with Crippen molar-refractivity contribution < 1.29 is 4.79 Å². The number of carbonyl (C=O) groups excluding carboxylic acids is 1. The summed E-state index contributed by atoms with van der Waals surface area (Å²) in [5.74, 6) is 0.275. The molecule has 0 aliphatic carbocycles. The molecule has 2 atom stereocenters. The van der Waals surface area contributed by atoms with E-state index in [0.717, 1.165) is 31.6 Å². The van der Waals surface area contributed by atoms with E-state index in [4.69, 9.17) is 5.73 Å². The number of nitrogens with zero attached hydrogens (tertiary/aromatic N) is 1. The molecule has 17 heavy (non-hydrogen) atoms. The van der Waals surface area contributed by atoms with Gasteiger partial charge in [0.15, 0.2) is 0 Å². The Morgan fingerprint density at radius 1 is 1.35 bits per heavy atom. The molecular weight excluding hydrogens is 214 g/mol. The molecule has 2 bridgehead atoms. The molecule has 2 heterocycles. The number of hydrogen-bond donors (Lipinski definition) is 2. The number of fused-ring (bicyclic) bond motifs is 2. The summed E-state index contributed by atoms with van der Waals surface area (Å²) in [6.45, 7) is 1.78. The highest BCUT2D eigenvalue weighted by atomic mass is 16.2. The van der Waals surface area contributed by atoms with Crippen LogP contribution in [0.1, 0.15) is 12.0 Å². The second-order valence-corrected chi connectivity index (χ2v) is 4.87. The van der Waals surface area contributed by atoms with Crippen LogP contribution in [0, 0.1) is 0 Å². The third-order valence-corrected chi connectivity index (χ3v) is 3.75. The fourth-order valence-electron chi connectivity index (χ4n) is 2.75. The Morgan fingerprint density at radius 2 is 2.12 bits per heavy atom. The molecule has 4 heteroatoms. The topological polar surface area (TPSA) is 58.4 Å². The molecule has 1 aromatic rings. The number of hydrogen-bond acceptors (Lipinski definition) is 3. The Labute approximate surface area is 101 Å². The number of benzene rings is 1. The molecule has 2 aliphatic rings. The van der Waals surface area contributed by atoms with E-state index >= 15 is 0 Å². The number of likely N-dealkylation sites (tertiary alicyclic amines) is 1. The SMILES string of the molecule is Nc1ccc(CCN2C(=O)C3CC2CN3)cc1. The van der Waals surface area contributed by atoms with Gasteiger partial charge in [0.2, 0.25) is 5.91 Å². The smallest absolute Gasteiger partial charge is 0.240 e. The first-order valence-electron chi connectivity index (χ1n) is 6.12. The molecule has 90 valence electrons. The van der Waals surface area contributed by atoms with Crippen LogP contribution in [0.25, 0.3) is 0 Å². The van der Waals surface area contributed by atoms with E-state index in [1.165, 1.54) is 5.56 Å². The van der Waals surface area contributed by atoms with E-state index in [1.807, 2.05) is 29.2 Å². The average molecular weight is 231 g/mol. The van der Waals surface area contributed by atoms with Crippen LogP contribution in [-0.4, -0.2) is 36.0 Å². The number of anilines is 1. The molecule has 0 radical (unpaired) electrons. The maximum absolute atomic E-state index is 11.9. The third kappa shape index (κ3) is 1.89. The van der Waals surface area contributed by atoms with Crippen LogP contribution in [0.4, 0.5) is 5.69 Å². The fourth-order valence-corrected chi connectivity index (χ4v) is 2.75. The number of rotatable bonds is 3. The summed E-state index contributed by atoms with van der Waals surface area (Å²) in [6.07, 6.45) is 1.90. The molecular formula is C13H17N3O. The van der Waals surface area contributed by atoms with E-state index in [-0.39, 0.29) is 11.9 Å². The van der Waals surface area contributed by atoms with Gasteiger partial charge in [0.05, 0.1) is 6.04 Å². The fraction of sp³-hybridized carbons (Fsp3) is 0.462. The second-order valence-electron chi connectivity index (χ2n) is 4.87. The van der Waals surface area contributed by atoms with E-state index in [2.05, 4.69) is 5.32 Å². The zero-order valence-electron chi connectivity index (χ0n) is 9.73. The Balaban J connectivity index is 1.61. The first-order chi connectivity index (χ1) is 8.24. The molecule has 1 aromatic carbocycles. The maximum Gasteiger partial charge on any atom is 0.240 e. The highest BCUT2D eigenvalue weighted by molar-refractivity contribution is 5.85. The number of nitrogens with two attached hydrogens (primary N) is 1. The largest absolute Gasteiger partial charge is 0.399 e. The highest BCUT2D eigenvalue weighted by Gasteiger charge is 2.43. The van der Waals surface area contributed by atoms with Crippen molar-refractivity contribution in [3.63, 3.8) is 0 Å². The standard InChI is InChI=1S/C13H17N3O/c14-10-3-1-9(2-4-10)5-6-16-11-7-12(13(16)17)15-8-11/h1-4,11-12,15H,5-8,14H2. The molecule has 3 N–H and O–H groups in total. The Bertz CT molecular complexity index is 429. The van der Waals surface area contributed by atoms with E-state index < -0.39 is 0 Å². The lowest BCUT2D eigenvalue weighted by molar-refractivity contribution is -0.132. The summed E-state index contributed by atoms with van der Waals surface area (Å²) in [5.41, 5.74) is 7.67. The van der Waals surface area contributed by atoms with Crippen LogP contribution in [-0.2, 0) is 11.2 Å². The van der Waals surface area contributed by atoms with Gasteiger partial charge in [-0.3, -0.25) is 4.79 Å². The second kappa shape index (κ2) is 4.04. The lowest BCUT2D eigenvalue weighted by atomic mass is 10.1. The lowest BCUT2D eigenvalue weighted by Gasteiger charge is -2.27. The van der Waals surface area contributed by atoms with Gasteiger partial charge in [0, 0.05) is 24.8 Å². The van der Waals surface area contributed by atoms with Crippen molar-refractivity contribution in [3.8, 4) is 0 Å². The zero-order chi connectivity index (χ0) is 11.8. The number of carbonyl (C=O) groups is 1. The van der Waals surface area contributed by atoms with Crippen LogP contribution in [0.3, 0.4) is 0 Å². The summed E-state index contributed by atoms with van der Waals surface area (Å²) in [5, 5.41) is 3.23. The van der Waals surface area contributed by atoms with E-state index in [1.54, 1.807) is 0 Å². The van der Waals surface area contributed by atoms with Gasteiger partial charge in [0.1, 0.15) is 0 Å². The molecule has 2 aliphatic heterocycles. The van der Waals surface area contributed by atoms with Crippen molar-refractivity contribution in [2.75, 3.05) is 18.8 Å². The number of piperazine rings is 1. The van der Waals surface area contributed by atoms with Gasteiger partial charge in [-0.2, -0.15) is 0 Å². The van der Waals surface area contributed by atoms with Gasteiger partial charge in [-0.1, -0.05) is 12.1 Å². The highest BCUT2D eigenvalue weighted by Crippen LogP contribution is 2.24. The molecule has 3 rings (SSSR count). The number of nitrogen functional groups attached to an aromatic ring is 1. The van der Waals surface area contributed by atoms with Crippen LogP contribution in [0.5, 0.6) is 0 Å². The predicted octanol–water partition coefficient (Wildman–Crippen LogP) is 0.384. The Hall–Kier alpha value is -1.55. The van der Waals surface area contributed by atoms with Gasteiger partial charge >= 0.3 is 0 Å². The minimum absolute atomic E-state index is 0.0893. The summed E-state index contributed by atoms with van der Waals surface area (Å²) in [4.78, 5) is 13.9. The first-order valence-corrected chi connectivity index (χ1v) is 6.12. The molecule has 0 spiro atoms. The van der Waals surface area contributed by atoms with Gasteiger partial charge in [0.25, 0.3) is 0 Å². The van der Waals surface area contributed by atoms with Crippen molar-refractivity contribution >= 4 is 11.6 Å². The predicted molar refractivity (Wildman–Crippen MR) is 66.5 cm³/mol. The van der Waals surface area contributed by atoms with Crippen molar-refractivity contribution in [3.05, 3.63) is 29.8 Å².